The summed E-state index contributed by atoms with van der Waals surface area (Å²) < 4.78 is 6.39. The third kappa shape index (κ3) is 1.44. The zero-order chi connectivity index (χ0) is 11.0. The van der Waals surface area contributed by atoms with Crippen LogP contribution in [0.4, 0.5) is 0 Å². The largest absolute Gasteiger partial charge is 0.508 e. The van der Waals surface area contributed by atoms with E-state index in [-0.39, 0.29) is 11.7 Å². The quantitative estimate of drug-likeness (QED) is 0.720. The Balaban J connectivity index is 2.69. The number of hydrogen-bond acceptors (Lipinski definition) is 3. The monoisotopic (exact) mass is 205 g/mol. The molecule has 1 N–H and O–H groups in total. The normalized spacial score (nSPS) is 10.5. The van der Waals surface area contributed by atoms with Crippen molar-refractivity contribution in [1.82, 2.24) is 4.57 Å². The molecule has 0 spiro atoms. The van der Waals surface area contributed by atoms with Gasteiger partial charge < -0.3 is 14.4 Å². The van der Waals surface area contributed by atoms with Gasteiger partial charge in [-0.15, -0.1) is 0 Å². The number of nitrogens with zero attached hydrogens (tertiary/aromatic N) is 1. The summed E-state index contributed by atoms with van der Waals surface area (Å²) in [5, 5.41) is 10.1. The van der Waals surface area contributed by atoms with E-state index in [4.69, 9.17) is 0 Å². The smallest absolute Gasteiger partial charge is 0.354 e. The molecule has 0 atom stereocenters. The van der Waals surface area contributed by atoms with Crippen molar-refractivity contribution in [2.75, 3.05) is 7.11 Å². The predicted molar refractivity (Wildman–Crippen MR) is 55.9 cm³/mol. The van der Waals surface area contributed by atoms with Crippen molar-refractivity contribution in [3.63, 3.8) is 0 Å². The Morgan fingerprint density at radius 2 is 2.13 bits per heavy atom. The standard InChI is InChI=1S/C11H11NO3/c1-12-9-4-3-8(13)5-7(9)6-10(12)11(14)15-2/h3-6,13H,1-2H3. The first kappa shape index (κ1) is 9.58. The van der Waals surface area contributed by atoms with Crippen LogP contribution in [0.25, 0.3) is 10.9 Å². The third-order valence-electron chi connectivity index (χ3n) is 2.42. The molecule has 15 heavy (non-hydrogen) atoms. The highest BCUT2D eigenvalue weighted by Crippen LogP contribution is 2.23. The Labute approximate surface area is 86.7 Å². The minimum absolute atomic E-state index is 0.185. The van der Waals surface area contributed by atoms with Gasteiger partial charge in [0.25, 0.3) is 0 Å². The lowest BCUT2D eigenvalue weighted by atomic mass is 10.2. The van der Waals surface area contributed by atoms with Crippen LogP contribution in [0.2, 0.25) is 0 Å². The summed E-state index contributed by atoms with van der Waals surface area (Å²) in [6.07, 6.45) is 0. The lowest BCUT2D eigenvalue weighted by Gasteiger charge is -2.01. The molecule has 1 heterocycles. The molecular formula is C11H11NO3. The molecule has 1 aromatic carbocycles. The number of carbonyl (C=O) groups is 1. The minimum atomic E-state index is -0.381. The molecule has 0 bridgehead atoms. The number of aromatic nitrogens is 1. The molecule has 0 radical (unpaired) electrons. The Bertz CT molecular complexity index is 528. The Hall–Kier alpha value is -1.97. The maximum Gasteiger partial charge on any atom is 0.354 e. The van der Waals surface area contributed by atoms with Crippen LogP contribution in [-0.2, 0) is 11.8 Å². The number of aromatic hydroxyl groups is 1. The number of esters is 1. The van der Waals surface area contributed by atoms with Crippen LogP contribution in [0.5, 0.6) is 5.75 Å². The molecule has 0 unspecified atom stereocenters. The van der Waals surface area contributed by atoms with E-state index in [0.29, 0.717) is 5.69 Å². The summed E-state index contributed by atoms with van der Waals surface area (Å²) in [4.78, 5) is 11.4. The van der Waals surface area contributed by atoms with Gasteiger partial charge in [-0.2, -0.15) is 0 Å². The van der Waals surface area contributed by atoms with Crippen molar-refractivity contribution < 1.29 is 14.6 Å². The number of phenols is 1. The highest BCUT2D eigenvalue weighted by atomic mass is 16.5. The number of ether oxygens (including phenoxy) is 1. The number of aryl methyl sites for hydroxylation is 1. The van der Waals surface area contributed by atoms with Crippen LogP contribution in [0, 0.1) is 0 Å². The highest BCUT2D eigenvalue weighted by molar-refractivity contribution is 5.95. The molecule has 0 aliphatic heterocycles. The first-order valence-corrected chi connectivity index (χ1v) is 4.50. The number of fused-ring (bicyclic) bond motifs is 1. The van der Waals surface area contributed by atoms with Crippen LogP contribution in [0.1, 0.15) is 10.5 Å². The van der Waals surface area contributed by atoms with E-state index in [2.05, 4.69) is 4.74 Å². The fourth-order valence-electron chi connectivity index (χ4n) is 1.64. The van der Waals surface area contributed by atoms with Crippen molar-refractivity contribution in [1.29, 1.82) is 0 Å². The van der Waals surface area contributed by atoms with Crippen molar-refractivity contribution >= 4 is 16.9 Å². The summed E-state index contributed by atoms with van der Waals surface area (Å²) in [5.41, 5.74) is 1.35. The van der Waals surface area contributed by atoms with Gasteiger partial charge in [0.2, 0.25) is 0 Å². The van der Waals surface area contributed by atoms with Crippen molar-refractivity contribution in [3.8, 4) is 5.75 Å². The zero-order valence-electron chi connectivity index (χ0n) is 8.52. The van der Waals surface area contributed by atoms with Gasteiger partial charge in [-0.1, -0.05) is 0 Å². The van der Waals surface area contributed by atoms with Gasteiger partial charge in [0, 0.05) is 18.0 Å². The summed E-state index contributed by atoms with van der Waals surface area (Å²) in [5.74, 6) is -0.197. The molecule has 1 aromatic heterocycles. The molecule has 0 aliphatic carbocycles. The van der Waals surface area contributed by atoms with E-state index in [1.165, 1.54) is 7.11 Å². The van der Waals surface area contributed by atoms with E-state index in [1.54, 1.807) is 35.9 Å². The van der Waals surface area contributed by atoms with E-state index >= 15 is 0 Å². The summed E-state index contributed by atoms with van der Waals surface area (Å²) >= 11 is 0. The van der Waals surface area contributed by atoms with Crippen LogP contribution < -0.4 is 0 Å². The van der Waals surface area contributed by atoms with Gasteiger partial charge in [-0.25, -0.2) is 4.79 Å². The molecule has 4 heteroatoms. The number of methoxy groups -OCH3 is 1. The van der Waals surface area contributed by atoms with E-state index in [0.717, 1.165) is 10.9 Å². The van der Waals surface area contributed by atoms with Gasteiger partial charge in [0.05, 0.1) is 7.11 Å². The zero-order valence-corrected chi connectivity index (χ0v) is 8.52. The van der Waals surface area contributed by atoms with Crippen LogP contribution in [0.3, 0.4) is 0 Å². The minimum Gasteiger partial charge on any atom is -0.508 e. The average Bonchev–Trinajstić information content (AvgIpc) is 2.54. The van der Waals surface area contributed by atoms with Crippen molar-refractivity contribution in [2.24, 2.45) is 7.05 Å². The van der Waals surface area contributed by atoms with Crippen molar-refractivity contribution in [3.05, 3.63) is 30.0 Å². The third-order valence-corrected chi connectivity index (χ3v) is 2.42. The van der Waals surface area contributed by atoms with E-state index < -0.39 is 0 Å². The molecular weight excluding hydrogens is 194 g/mol. The first-order chi connectivity index (χ1) is 7.13. The topological polar surface area (TPSA) is 51.5 Å². The second kappa shape index (κ2) is 3.31. The molecule has 78 valence electrons. The lowest BCUT2D eigenvalue weighted by Crippen LogP contribution is -2.06. The van der Waals surface area contributed by atoms with Gasteiger partial charge in [0.15, 0.2) is 0 Å². The lowest BCUT2D eigenvalue weighted by molar-refractivity contribution is 0.0590. The number of hydrogen-bond donors (Lipinski definition) is 1. The fourth-order valence-corrected chi connectivity index (χ4v) is 1.64. The number of carbonyl (C=O) groups excluding carboxylic acids is 1. The molecule has 0 amide bonds. The van der Waals surface area contributed by atoms with Crippen LogP contribution >= 0.6 is 0 Å². The van der Waals surface area contributed by atoms with Crippen LogP contribution in [-0.4, -0.2) is 22.8 Å². The second-order valence-corrected chi connectivity index (χ2v) is 3.32. The van der Waals surface area contributed by atoms with E-state index in [9.17, 15) is 9.90 Å². The van der Waals surface area contributed by atoms with Gasteiger partial charge in [-0.3, -0.25) is 0 Å². The number of benzene rings is 1. The van der Waals surface area contributed by atoms with Gasteiger partial charge in [0.1, 0.15) is 11.4 Å². The maximum absolute atomic E-state index is 11.4. The number of rotatable bonds is 1. The SMILES string of the molecule is COC(=O)c1cc2cc(O)ccc2n1C. The molecule has 2 rings (SSSR count). The number of phenolic OH excluding ortho intramolecular Hbond substituents is 1. The van der Waals surface area contributed by atoms with Gasteiger partial charge >= 0.3 is 5.97 Å². The first-order valence-electron chi connectivity index (χ1n) is 4.50. The molecule has 0 fully saturated rings. The molecule has 0 saturated carbocycles. The second-order valence-electron chi connectivity index (χ2n) is 3.32. The predicted octanol–water partition coefficient (Wildman–Crippen LogP) is 1.67. The summed E-state index contributed by atoms with van der Waals surface area (Å²) in [7, 11) is 3.13. The molecule has 4 nitrogen and oxygen atoms in total. The van der Waals surface area contributed by atoms with E-state index in [1.807, 2.05) is 0 Å². The molecule has 0 saturated heterocycles. The molecule has 0 aliphatic rings. The maximum atomic E-state index is 11.4. The average molecular weight is 205 g/mol. The van der Waals surface area contributed by atoms with Crippen LogP contribution in [0.15, 0.2) is 24.3 Å². The van der Waals surface area contributed by atoms with Gasteiger partial charge in [-0.05, 0) is 24.3 Å². The summed E-state index contributed by atoms with van der Waals surface area (Å²) in [6.45, 7) is 0. The Morgan fingerprint density at radius 3 is 2.80 bits per heavy atom. The van der Waals surface area contributed by atoms with Crippen molar-refractivity contribution in [2.45, 2.75) is 0 Å². The summed E-state index contributed by atoms with van der Waals surface area (Å²) in [6, 6.07) is 6.66. The highest BCUT2D eigenvalue weighted by Gasteiger charge is 2.13. The fraction of sp³-hybridized carbons (Fsp3) is 0.182. The Kier molecular flexibility index (Phi) is 2.11. The molecule has 2 aromatic rings. The Morgan fingerprint density at radius 1 is 1.40 bits per heavy atom.